The quantitative estimate of drug-likeness (QED) is 0.636. The highest BCUT2D eigenvalue weighted by Crippen LogP contribution is 2.37. The zero-order valence-electron chi connectivity index (χ0n) is 8.57. The van der Waals surface area contributed by atoms with E-state index in [4.69, 9.17) is 32.1 Å². The molecule has 0 fully saturated rings. The highest BCUT2D eigenvalue weighted by Gasteiger charge is 2.16. The van der Waals surface area contributed by atoms with Crippen LogP contribution in [0.1, 0.15) is 5.56 Å². The minimum Gasteiger partial charge on any atom is -0.454 e. The standard InChI is InChI=1S/C11H7ClN2O3/c12-8-3-10-9(16-5-17-10)2-6(8)1-7(4-13)11(14)15/h1-3H,5H2,(H2,14,15)/b7-1+. The number of primary amides is 1. The number of carbonyl (C=O) groups excluding carboxylic acids is 1. The smallest absolute Gasteiger partial charge is 0.259 e. The van der Waals surface area contributed by atoms with Crippen molar-refractivity contribution in [1.29, 1.82) is 5.26 Å². The second-order valence-electron chi connectivity index (χ2n) is 3.26. The van der Waals surface area contributed by atoms with Crippen LogP contribution in [-0.2, 0) is 4.79 Å². The predicted molar refractivity (Wildman–Crippen MR) is 60.4 cm³/mol. The van der Waals surface area contributed by atoms with Crippen molar-refractivity contribution in [2.45, 2.75) is 0 Å². The van der Waals surface area contributed by atoms with Gasteiger partial charge in [0.15, 0.2) is 11.5 Å². The normalized spacial score (nSPS) is 13.3. The van der Waals surface area contributed by atoms with Crippen molar-refractivity contribution >= 4 is 23.6 Å². The Kier molecular flexibility index (Phi) is 2.90. The monoisotopic (exact) mass is 250 g/mol. The molecule has 1 aromatic carbocycles. The molecule has 6 heteroatoms. The maximum atomic E-state index is 10.9. The molecule has 17 heavy (non-hydrogen) atoms. The maximum absolute atomic E-state index is 10.9. The Morgan fingerprint density at radius 2 is 2.12 bits per heavy atom. The Bertz CT molecular complexity index is 561. The number of nitrogens with two attached hydrogens (primary N) is 1. The Hall–Kier alpha value is -2.19. The van der Waals surface area contributed by atoms with Gasteiger partial charge in [0.1, 0.15) is 11.6 Å². The minimum absolute atomic E-state index is 0.125. The fraction of sp³-hybridized carbons (Fsp3) is 0.0909. The fourth-order valence-electron chi connectivity index (χ4n) is 1.36. The van der Waals surface area contributed by atoms with Gasteiger partial charge in [0.25, 0.3) is 5.91 Å². The number of nitriles is 1. The largest absolute Gasteiger partial charge is 0.454 e. The third kappa shape index (κ3) is 2.17. The van der Waals surface area contributed by atoms with Crippen LogP contribution in [0.25, 0.3) is 6.08 Å². The van der Waals surface area contributed by atoms with Gasteiger partial charge in [-0.25, -0.2) is 0 Å². The first-order valence-corrected chi connectivity index (χ1v) is 5.00. The number of hydrogen-bond acceptors (Lipinski definition) is 4. The van der Waals surface area contributed by atoms with E-state index < -0.39 is 5.91 Å². The number of benzene rings is 1. The van der Waals surface area contributed by atoms with Crippen molar-refractivity contribution in [3.05, 3.63) is 28.3 Å². The van der Waals surface area contributed by atoms with Gasteiger partial charge in [-0.2, -0.15) is 5.26 Å². The van der Waals surface area contributed by atoms with Crippen LogP contribution in [0.3, 0.4) is 0 Å². The van der Waals surface area contributed by atoms with Crippen molar-refractivity contribution in [3.8, 4) is 17.6 Å². The first-order chi connectivity index (χ1) is 8.11. The molecule has 2 N–H and O–H groups in total. The van der Waals surface area contributed by atoms with E-state index in [1.807, 2.05) is 0 Å². The number of hydrogen-bond donors (Lipinski definition) is 1. The number of ether oxygens (including phenoxy) is 2. The fourth-order valence-corrected chi connectivity index (χ4v) is 1.57. The molecule has 1 aromatic rings. The van der Waals surface area contributed by atoms with E-state index in [1.165, 1.54) is 6.08 Å². The summed E-state index contributed by atoms with van der Waals surface area (Å²) >= 11 is 5.97. The number of nitrogens with zero attached hydrogens (tertiary/aromatic N) is 1. The molecule has 1 heterocycles. The van der Waals surface area contributed by atoms with Gasteiger partial charge in [0, 0.05) is 6.07 Å². The number of fused-ring (bicyclic) bond motifs is 1. The summed E-state index contributed by atoms with van der Waals surface area (Å²) in [4.78, 5) is 10.9. The molecule has 0 saturated heterocycles. The van der Waals surface area contributed by atoms with Crippen LogP contribution in [0.4, 0.5) is 0 Å². The Labute approximate surface area is 102 Å². The van der Waals surface area contributed by atoms with E-state index in [0.29, 0.717) is 22.1 Å². The van der Waals surface area contributed by atoms with Gasteiger partial charge in [-0.05, 0) is 17.7 Å². The van der Waals surface area contributed by atoms with Gasteiger partial charge >= 0.3 is 0 Å². The van der Waals surface area contributed by atoms with Crippen LogP contribution in [0, 0.1) is 11.3 Å². The summed E-state index contributed by atoms with van der Waals surface area (Å²) in [5, 5.41) is 9.07. The number of amides is 1. The van der Waals surface area contributed by atoms with E-state index >= 15 is 0 Å². The molecular weight excluding hydrogens is 244 g/mol. The molecule has 1 aliphatic rings. The lowest BCUT2D eigenvalue weighted by molar-refractivity contribution is -0.114. The summed E-state index contributed by atoms with van der Waals surface area (Å²) in [6.07, 6.45) is 1.31. The molecule has 0 atom stereocenters. The summed E-state index contributed by atoms with van der Waals surface area (Å²) in [7, 11) is 0. The van der Waals surface area contributed by atoms with E-state index in [9.17, 15) is 4.79 Å². The third-order valence-corrected chi connectivity index (χ3v) is 2.50. The topological polar surface area (TPSA) is 85.3 Å². The average molecular weight is 251 g/mol. The van der Waals surface area contributed by atoms with Crippen molar-refractivity contribution in [3.63, 3.8) is 0 Å². The number of rotatable bonds is 2. The van der Waals surface area contributed by atoms with Crippen molar-refractivity contribution in [1.82, 2.24) is 0 Å². The maximum Gasteiger partial charge on any atom is 0.259 e. The molecular formula is C11H7ClN2O3. The lowest BCUT2D eigenvalue weighted by atomic mass is 10.1. The van der Waals surface area contributed by atoms with E-state index in [1.54, 1.807) is 18.2 Å². The first kappa shape index (κ1) is 11.3. The Balaban J connectivity index is 2.47. The molecule has 0 radical (unpaired) electrons. The highest BCUT2D eigenvalue weighted by molar-refractivity contribution is 6.32. The van der Waals surface area contributed by atoms with E-state index in [0.717, 1.165) is 0 Å². The predicted octanol–water partition coefficient (Wildman–Crippen LogP) is 1.46. The van der Waals surface area contributed by atoms with Crippen LogP contribution in [0.5, 0.6) is 11.5 Å². The van der Waals surface area contributed by atoms with Crippen molar-refractivity contribution in [2.75, 3.05) is 6.79 Å². The second kappa shape index (κ2) is 4.36. The number of carbonyl (C=O) groups is 1. The van der Waals surface area contributed by atoms with Gasteiger partial charge in [-0.15, -0.1) is 0 Å². The molecule has 0 bridgehead atoms. The number of halogens is 1. The molecule has 0 aromatic heterocycles. The van der Waals surface area contributed by atoms with Crippen LogP contribution >= 0.6 is 11.6 Å². The summed E-state index contributed by atoms with van der Waals surface area (Å²) in [5.41, 5.74) is 5.33. The van der Waals surface area contributed by atoms with E-state index in [2.05, 4.69) is 0 Å². The molecule has 86 valence electrons. The lowest BCUT2D eigenvalue weighted by Gasteiger charge is -2.01. The second-order valence-corrected chi connectivity index (χ2v) is 3.67. The SMILES string of the molecule is N#C/C(=C\c1cc2c(cc1Cl)OCO2)C(N)=O. The summed E-state index contributed by atoms with van der Waals surface area (Å²) in [6.45, 7) is 0.125. The van der Waals surface area contributed by atoms with Crippen molar-refractivity contribution < 1.29 is 14.3 Å². The molecule has 0 aliphatic carbocycles. The molecule has 1 aliphatic heterocycles. The Morgan fingerprint density at radius 1 is 1.47 bits per heavy atom. The highest BCUT2D eigenvalue weighted by atomic mass is 35.5. The van der Waals surface area contributed by atoms with Crippen molar-refractivity contribution in [2.24, 2.45) is 5.73 Å². The molecule has 2 rings (SSSR count). The van der Waals surface area contributed by atoms with E-state index in [-0.39, 0.29) is 12.4 Å². The van der Waals surface area contributed by atoms with Gasteiger partial charge < -0.3 is 15.2 Å². The summed E-state index contributed by atoms with van der Waals surface area (Å²) in [6, 6.07) is 4.85. The van der Waals surface area contributed by atoms with Crippen LogP contribution in [0.15, 0.2) is 17.7 Å². The van der Waals surface area contributed by atoms with Crippen LogP contribution in [-0.4, -0.2) is 12.7 Å². The molecule has 0 spiro atoms. The Morgan fingerprint density at radius 3 is 2.71 bits per heavy atom. The van der Waals surface area contributed by atoms with Gasteiger partial charge in [-0.3, -0.25) is 4.79 Å². The zero-order chi connectivity index (χ0) is 12.4. The zero-order valence-corrected chi connectivity index (χ0v) is 9.32. The molecule has 5 nitrogen and oxygen atoms in total. The summed E-state index contributed by atoms with van der Waals surface area (Å²) in [5.74, 6) is 0.244. The first-order valence-electron chi connectivity index (χ1n) is 4.62. The van der Waals surface area contributed by atoms with Crippen LogP contribution in [0.2, 0.25) is 5.02 Å². The molecule has 1 amide bonds. The molecule has 0 unspecified atom stereocenters. The lowest BCUT2D eigenvalue weighted by Crippen LogP contribution is -2.12. The third-order valence-electron chi connectivity index (χ3n) is 2.18. The van der Waals surface area contributed by atoms with Gasteiger partial charge in [0.2, 0.25) is 6.79 Å². The molecule has 0 saturated carbocycles. The van der Waals surface area contributed by atoms with Gasteiger partial charge in [-0.1, -0.05) is 11.6 Å². The average Bonchev–Trinajstić information content (AvgIpc) is 2.72. The minimum atomic E-state index is -0.804. The van der Waals surface area contributed by atoms with Crippen LogP contribution < -0.4 is 15.2 Å². The van der Waals surface area contributed by atoms with Gasteiger partial charge in [0.05, 0.1) is 5.02 Å². The summed E-state index contributed by atoms with van der Waals surface area (Å²) < 4.78 is 10.3.